The van der Waals surface area contributed by atoms with Crippen LogP contribution < -0.4 is 10.2 Å². The van der Waals surface area contributed by atoms with Gasteiger partial charge in [-0.25, -0.2) is 4.68 Å². The number of aromatic nitrogens is 3. The number of rotatable bonds is 6. The third-order valence-electron chi connectivity index (χ3n) is 6.96. The molecule has 5 rings (SSSR count). The van der Waals surface area contributed by atoms with Crippen molar-refractivity contribution in [3.05, 3.63) is 93.1 Å². The van der Waals surface area contributed by atoms with Crippen molar-refractivity contribution in [1.29, 1.82) is 0 Å². The average molecular weight is 560 g/mol. The summed E-state index contributed by atoms with van der Waals surface area (Å²) in [7, 11) is 0. The van der Waals surface area contributed by atoms with Crippen LogP contribution in [0.25, 0.3) is 5.69 Å². The summed E-state index contributed by atoms with van der Waals surface area (Å²) in [6.45, 7) is 10.8. The van der Waals surface area contributed by atoms with Crippen LogP contribution in [0.5, 0.6) is 0 Å². The Hall–Kier alpha value is -3.43. The smallest absolute Gasteiger partial charge is 0.240 e. The molecule has 0 bridgehead atoms. The zero-order valence-electron chi connectivity index (χ0n) is 22.9. The second-order valence-electron chi connectivity index (χ2n) is 10.8. The van der Waals surface area contributed by atoms with Crippen molar-refractivity contribution in [3.63, 3.8) is 0 Å². The number of aryl methyl sites for hydroxylation is 1. The number of thioether (sulfide) groups is 1. The summed E-state index contributed by atoms with van der Waals surface area (Å²) in [6.07, 6.45) is 3.42. The van der Waals surface area contributed by atoms with Crippen molar-refractivity contribution in [3.8, 4) is 5.69 Å². The van der Waals surface area contributed by atoms with Gasteiger partial charge in [0.1, 0.15) is 12.4 Å². The van der Waals surface area contributed by atoms with Crippen LogP contribution in [0, 0.1) is 13.8 Å². The number of amides is 2. The Balaban J connectivity index is 1.66. The Morgan fingerprint density at radius 2 is 1.97 bits per heavy atom. The van der Waals surface area contributed by atoms with E-state index in [1.165, 1.54) is 0 Å². The molecule has 4 aromatic rings. The molecule has 1 aromatic carbocycles. The molecule has 0 saturated carbocycles. The lowest BCUT2D eigenvalue weighted by Crippen LogP contribution is -2.42. The van der Waals surface area contributed by atoms with Gasteiger partial charge in [-0.3, -0.25) is 19.5 Å². The molecular weight excluding hydrogens is 526 g/mol. The van der Waals surface area contributed by atoms with Gasteiger partial charge in [0, 0.05) is 29.9 Å². The number of pyridine rings is 1. The normalized spacial score (nSPS) is 15.7. The molecule has 1 aliphatic rings. The van der Waals surface area contributed by atoms with Crippen molar-refractivity contribution < 1.29 is 9.59 Å². The number of nitrogens with one attached hydrogen (secondary N) is 1. The highest BCUT2D eigenvalue weighted by molar-refractivity contribution is 8.00. The Morgan fingerprint density at radius 1 is 1.15 bits per heavy atom. The number of benzene rings is 1. The Kier molecular flexibility index (Phi) is 7.64. The van der Waals surface area contributed by atoms with E-state index >= 15 is 0 Å². The number of carbonyl (C=O) groups excluding carboxylic acids is 2. The monoisotopic (exact) mass is 559 g/mol. The van der Waals surface area contributed by atoms with Gasteiger partial charge in [0.25, 0.3) is 0 Å². The third-order valence-corrected chi connectivity index (χ3v) is 8.92. The highest BCUT2D eigenvalue weighted by atomic mass is 32.2. The third kappa shape index (κ3) is 5.51. The van der Waals surface area contributed by atoms with Gasteiger partial charge in [-0.05, 0) is 65.1 Å². The first-order valence-corrected chi connectivity index (χ1v) is 14.9. The molecule has 0 aliphatic carbocycles. The minimum Gasteiger partial charge on any atom is -0.350 e. The number of nitrogens with zero attached hydrogens (tertiary/aromatic N) is 4. The molecule has 7 nitrogen and oxygen atoms in total. The van der Waals surface area contributed by atoms with E-state index < -0.39 is 0 Å². The van der Waals surface area contributed by atoms with Gasteiger partial charge < -0.3 is 5.32 Å². The van der Waals surface area contributed by atoms with Crippen LogP contribution in [0.4, 0.5) is 5.82 Å². The molecule has 0 spiro atoms. The molecule has 0 radical (unpaired) electrons. The summed E-state index contributed by atoms with van der Waals surface area (Å²) in [4.78, 5) is 32.8. The molecule has 1 atom stereocenters. The van der Waals surface area contributed by atoms with E-state index in [2.05, 4.69) is 67.8 Å². The van der Waals surface area contributed by atoms with Crippen molar-refractivity contribution in [2.75, 3.05) is 17.2 Å². The van der Waals surface area contributed by atoms with Crippen molar-refractivity contribution in [2.45, 2.75) is 51.8 Å². The maximum Gasteiger partial charge on any atom is 0.240 e. The number of hydrogen-bond donors (Lipinski definition) is 1. The molecule has 1 unspecified atom stereocenters. The van der Waals surface area contributed by atoms with Crippen LogP contribution >= 0.6 is 23.1 Å². The van der Waals surface area contributed by atoms with Gasteiger partial charge in [0.05, 0.1) is 22.4 Å². The SMILES string of the molecule is Cc1cccc(-n2nc(C(C)(C)C)c3c2N(CC(=O)NCc2cccnc2)C(=O)CSC3c2ccsc2)c1C. The average Bonchev–Trinajstić information content (AvgIpc) is 3.55. The fourth-order valence-electron chi connectivity index (χ4n) is 4.80. The van der Waals surface area contributed by atoms with Crippen LogP contribution in [-0.4, -0.2) is 38.9 Å². The van der Waals surface area contributed by atoms with E-state index in [0.717, 1.165) is 39.2 Å². The minimum absolute atomic E-state index is 0.0771. The van der Waals surface area contributed by atoms with E-state index in [1.54, 1.807) is 40.4 Å². The summed E-state index contributed by atoms with van der Waals surface area (Å²) >= 11 is 3.25. The van der Waals surface area contributed by atoms with Gasteiger partial charge in [0.2, 0.25) is 11.8 Å². The van der Waals surface area contributed by atoms with Gasteiger partial charge in [0.15, 0.2) is 0 Å². The lowest BCUT2D eigenvalue weighted by atomic mass is 9.87. The first-order valence-electron chi connectivity index (χ1n) is 12.9. The highest BCUT2D eigenvalue weighted by Crippen LogP contribution is 2.49. The molecule has 9 heteroatoms. The molecular formula is C30H33N5O2S2. The first kappa shape index (κ1) is 27.1. The van der Waals surface area contributed by atoms with Crippen LogP contribution in [0.15, 0.2) is 59.6 Å². The topological polar surface area (TPSA) is 80.1 Å². The Bertz CT molecular complexity index is 1490. The fraction of sp³-hybridized carbons (Fsp3) is 0.333. The maximum absolute atomic E-state index is 13.8. The Morgan fingerprint density at radius 3 is 2.67 bits per heavy atom. The van der Waals surface area contributed by atoms with Crippen LogP contribution in [0.1, 0.15) is 59.5 Å². The first-order chi connectivity index (χ1) is 18.6. The summed E-state index contributed by atoms with van der Waals surface area (Å²) < 4.78 is 1.90. The standard InChI is InChI=1S/C30H33N5O2S2/c1-19-8-6-10-23(20(19)2)35-29-26(28(33-35)30(3,4)5)27(22-11-13-38-17-22)39-18-25(37)34(29)16-24(36)32-15-21-9-7-12-31-14-21/h6-14,17,27H,15-16,18H2,1-5H3,(H,32,36). The second kappa shape index (κ2) is 11.0. The quantitative estimate of drug-likeness (QED) is 0.326. The fourth-order valence-corrected chi connectivity index (χ4v) is 6.76. The van der Waals surface area contributed by atoms with Crippen molar-refractivity contribution in [2.24, 2.45) is 0 Å². The summed E-state index contributed by atoms with van der Waals surface area (Å²) in [5, 5.41) is 12.3. The lowest BCUT2D eigenvalue weighted by Gasteiger charge is -2.24. The van der Waals surface area contributed by atoms with E-state index in [1.807, 2.05) is 28.9 Å². The lowest BCUT2D eigenvalue weighted by molar-refractivity contribution is -0.123. The molecule has 39 heavy (non-hydrogen) atoms. The number of fused-ring (bicyclic) bond motifs is 1. The summed E-state index contributed by atoms with van der Waals surface area (Å²) in [5.41, 5.74) is 6.81. The molecule has 202 valence electrons. The van der Waals surface area contributed by atoms with Crippen LogP contribution in [0.3, 0.4) is 0 Å². The zero-order chi connectivity index (χ0) is 27.7. The molecule has 0 saturated heterocycles. The summed E-state index contributed by atoms with van der Waals surface area (Å²) in [6, 6.07) is 12.0. The van der Waals surface area contributed by atoms with E-state index in [-0.39, 0.29) is 34.8 Å². The molecule has 1 aliphatic heterocycles. The molecule has 1 N–H and O–H groups in total. The predicted molar refractivity (Wildman–Crippen MR) is 159 cm³/mol. The van der Waals surface area contributed by atoms with Gasteiger partial charge in [-0.2, -0.15) is 16.4 Å². The van der Waals surface area contributed by atoms with Gasteiger partial charge >= 0.3 is 0 Å². The van der Waals surface area contributed by atoms with E-state index in [0.29, 0.717) is 12.4 Å². The molecule has 3 aromatic heterocycles. The number of thiophene rings is 1. The number of anilines is 1. The van der Waals surface area contributed by atoms with Crippen LogP contribution in [-0.2, 0) is 21.5 Å². The van der Waals surface area contributed by atoms with Gasteiger partial charge in [-0.1, -0.05) is 39.0 Å². The zero-order valence-corrected chi connectivity index (χ0v) is 24.5. The maximum atomic E-state index is 13.8. The largest absolute Gasteiger partial charge is 0.350 e. The van der Waals surface area contributed by atoms with Crippen molar-refractivity contribution >= 4 is 40.7 Å². The van der Waals surface area contributed by atoms with Crippen molar-refractivity contribution in [1.82, 2.24) is 20.1 Å². The second-order valence-corrected chi connectivity index (χ2v) is 12.7. The molecule has 4 heterocycles. The molecule has 2 amide bonds. The van der Waals surface area contributed by atoms with Gasteiger partial charge in [-0.15, -0.1) is 11.8 Å². The minimum atomic E-state index is -0.288. The number of hydrogen-bond acceptors (Lipinski definition) is 6. The van der Waals surface area contributed by atoms with E-state index in [4.69, 9.17) is 5.10 Å². The molecule has 0 fully saturated rings. The predicted octanol–water partition coefficient (Wildman–Crippen LogP) is 5.73. The summed E-state index contributed by atoms with van der Waals surface area (Å²) in [5.74, 6) is 0.600. The van der Waals surface area contributed by atoms with Crippen LogP contribution in [0.2, 0.25) is 0 Å². The highest BCUT2D eigenvalue weighted by Gasteiger charge is 2.40. The Labute approximate surface area is 237 Å². The number of carbonyl (C=O) groups is 2. The van der Waals surface area contributed by atoms with E-state index in [9.17, 15) is 9.59 Å².